The van der Waals surface area contributed by atoms with Gasteiger partial charge in [-0.25, -0.2) is 26.5 Å². The molecule has 0 atom stereocenters. The lowest BCUT2D eigenvalue weighted by molar-refractivity contribution is 0.346. The fourth-order valence-electron chi connectivity index (χ4n) is 3.90. The molecule has 0 bridgehead atoms. The molecule has 1 aromatic heterocycles. The second kappa shape index (κ2) is 8.70. The van der Waals surface area contributed by atoms with Crippen molar-refractivity contribution in [2.75, 3.05) is 13.1 Å². The molecule has 1 aliphatic heterocycles. The lowest BCUT2D eigenvalue weighted by Crippen LogP contribution is -2.35. The van der Waals surface area contributed by atoms with Gasteiger partial charge in [-0.1, -0.05) is 18.6 Å². The van der Waals surface area contributed by atoms with Gasteiger partial charge in [0.05, 0.1) is 27.4 Å². The third-order valence-corrected chi connectivity index (χ3v) is 8.89. The van der Waals surface area contributed by atoms with Gasteiger partial charge in [-0.15, -0.1) is 0 Å². The van der Waals surface area contributed by atoms with Gasteiger partial charge in [0, 0.05) is 19.6 Å². The summed E-state index contributed by atoms with van der Waals surface area (Å²) in [7, 11) is -7.42. The Labute approximate surface area is 183 Å². The molecular formula is C21H26N4O4S2. The summed E-state index contributed by atoms with van der Waals surface area (Å²) < 4.78 is 57.1. The van der Waals surface area contributed by atoms with Gasteiger partial charge in [0.25, 0.3) is 0 Å². The summed E-state index contributed by atoms with van der Waals surface area (Å²) in [4.78, 5) is 4.66. The molecular weight excluding hydrogens is 436 g/mol. The average molecular weight is 463 g/mol. The Kier molecular flexibility index (Phi) is 6.16. The van der Waals surface area contributed by atoms with Gasteiger partial charge in [-0.3, -0.25) is 0 Å². The molecule has 0 saturated carbocycles. The number of aryl methyl sites for hydroxylation is 1. The standard InChI is InChI=1S/C21H26N4O4S2/c1-2-25-20-9-5-4-8-19(20)23-21(25)16-22-30(26,27)17-10-12-18(13-11-17)31(28,29)24-14-6-3-7-15-24/h4-5,8-13,22H,2-3,6-7,14-16H2,1H3. The zero-order chi connectivity index (χ0) is 22.1. The van der Waals surface area contributed by atoms with E-state index in [0.717, 1.165) is 30.3 Å². The maximum Gasteiger partial charge on any atom is 0.243 e. The first-order valence-corrected chi connectivity index (χ1v) is 13.3. The molecule has 10 heteroatoms. The molecule has 1 aliphatic rings. The molecule has 2 aromatic carbocycles. The molecule has 0 spiro atoms. The molecule has 1 N–H and O–H groups in total. The van der Waals surface area contributed by atoms with Crippen molar-refractivity contribution in [3.63, 3.8) is 0 Å². The number of nitrogens with one attached hydrogen (secondary N) is 1. The number of fused-ring (bicyclic) bond motifs is 1. The minimum absolute atomic E-state index is 0.0178. The van der Waals surface area contributed by atoms with Crippen LogP contribution in [0.3, 0.4) is 0 Å². The zero-order valence-electron chi connectivity index (χ0n) is 17.4. The minimum Gasteiger partial charge on any atom is -0.327 e. The van der Waals surface area contributed by atoms with Crippen molar-refractivity contribution in [2.24, 2.45) is 0 Å². The van der Waals surface area contributed by atoms with Crippen molar-refractivity contribution in [3.05, 3.63) is 54.4 Å². The Morgan fingerprint density at radius 1 is 0.903 bits per heavy atom. The van der Waals surface area contributed by atoms with E-state index in [1.165, 1.54) is 28.6 Å². The first kappa shape index (κ1) is 21.9. The van der Waals surface area contributed by atoms with Gasteiger partial charge in [0.2, 0.25) is 20.0 Å². The molecule has 0 amide bonds. The quantitative estimate of drug-likeness (QED) is 0.582. The second-order valence-electron chi connectivity index (χ2n) is 7.52. The summed E-state index contributed by atoms with van der Waals surface area (Å²) in [6.45, 7) is 3.69. The number of sulfonamides is 2. The molecule has 0 radical (unpaired) electrons. The topological polar surface area (TPSA) is 101 Å². The monoisotopic (exact) mass is 462 g/mol. The van der Waals surface area contributed by atoms with Crippen LogP contribution < -0.4 is 4.72 Å². The van der Waals surface area contributed by atoms with Crippen LogP contribution in [0, 0.1) is 0 Å². The first-order valence-electron chi connectivity index (χ1n) is 10.4. The number of rotatable bonds is 7. The molecule has 8 nitrogen and oxygen atoms in total. The predicted molar refractivity (Wildman–Crippen MR) is 118 cm³/mol. The zero-order valence-corrected chi connectivity index (χ0v) is 19.0. The largest absolute Gasteiger partial charge is 0.327 e. The van der Waals surface area contributed by atoms with E-state index >= 15 is 0 Å². The van der Waals surface area contributed by atoms with Gasteiger partial charge in [0.15, 0.2) is 0 Å². The number of hydrogen-bond acceptors (Lipinski definition) is 5. The minimum atomic E-state index is -3.82. The molecule has 0 unspecified atom stereocenters. The van der Waals surface area contributed by atoms with Crippen LogP contribution >= 0.6 is 0 Å². The fraction of sp³-hybridized carbons (Fsp3) is 0.381. The van der Waals surface area contributed by atoms with E-state index in [9.17, 15) is 16.8 Å². The van der Waals surface area contributed by atoms with E-state index in [-0.39, 0.29) is 16.3 Å². The Morgan fingerprint density at radius 2 is 1.55 bits per heavy atom. The summed E-state index contributed by atoms with van der Waals surface area (Å²) in [6.07, 6.45) is 2.72. The number of piperidine rings is 1. The molecule has 1 fully saturated rings. The third-order valence-electron chi connectivity index (χ3n) is 5.56. The molecule has 3 aromatic rings. The van der Waals surface area contributed by atoms with E-state index < -0.39 is 20.0 Å². The molecule has 166 valence electrons. The van der Waals surface area contributed by atoms with Crippen LogP contribution in [0.1, 0.15) is 32.0 Å². The number of para-hydroxylation sites is 2. The van der Waals surface area contributed by atoms with E-state index in [0.29, 0.717) is 25.5 Å². The van der Waals surface area contributed by atoms with E-state index in [1.807, 2.05) is 35.8 Å². The van der Waals surface area contributed by atoms with Crippen LogP contribution in [0.5, 0.6) is 0 Å². The van der Waals surface area contributed by atoms with Crippen molar-refractivity contribution in [1.29, 1.82) is 0 Å². The highest BCUT2D eigenvalue weighted by Gasteiger charge is 2.26. The van der Waals surface area contributed by atoms with Gasteiger partial charge in [-0.2, -0.15) is 4.31 Å². The summed E-state index contributed by atoms with van der Waals surface area (Å²) in [5.74, 6) is 0.622. The predicted octanol–water partition coefficient (Wildman–Crippen LogP) is 2.71. The molecule has 0 aliphatic carbocycles. The number of benzene rings is 2. The van der Waals surface area contributed by atoms with Gasteiger partial charge in [0.1, 0.15) is 5.82 Å². The third kappa shape index (κ3) is 4.38. The highest BCUT2D eigenvalue weighted by Crippen LogP contribution is 2.22. The summed E-state index contributed by atoms with van der Waals surface area (Å²) in [5, 5.41) is 0. The maximum absolute atomic E-state index is 12.8. The Bertz CT molecular complexity index is 1280. The van der Waals surface area contributed by atoms with Crippen molar-refractivity contribution in [3.8, 4) is 0 Å². The molecule has 2 heterocycles. The van der Waals surface area contributed by atoms with Crippen LogP contribution in [-0.4, -0.2) is 43.8 Å². The summed E-state index contributed by atoms with van der Waals surface area (Å²) >= 11 is 0. The van der Waals surface area contributed by atoms with E-state index in [2.05, 4.69) is 9.71 Å². The van der Waals surface area contributed by atoms with Crippen molar-refractivity contribution in [1.82, 2.24) is 18.6 Å². The van der Waals surface area contributed by atoms with Crippen LogP contribution in [-0.2, 0) is 33.1 Å². The van der Waals surface area contributed by atoms with Crippen LogP contribution in [0.25, 0.3) is 11.0 Å². The number of hydrogen-bond donors (Lipinski definition) is 1. The van der Waals surface area contributed by atoms with Crippen molar-refractivity contribution < 1.29 is 16.8 Å². The highest BCUT2D eigenvalue weighted by atomic mass is 32.2. The number of nitrogens with zero attached hydrogens (tertiary/aromatic N) is 3. The fourth-order valence-corrected chi connectivity index (χ4v) is 6.40. The van der Waals surface area contributed by atoms with E-state index in [4.69, 9.17) is 0 Å². The van der Waals surface area contributed by atoms with Crippen molar-refractivity contribution in [2.45, 2.75) is 49.1 Å². The smallest absolute Gasteiger partial charge is 0.243 e. The van der Waals surface area contributed by atoms with Crippen LogP contribution in [0.15, 0.2) is 58.3 Å². The van der Waals surface area contributed by atoms with Gasteiger partial charge in [-0.05, 0) is 56.2 Å². The second-order valence-corrected chi connectivity index (χ2v) is 11.2. The lowest BCUT2D eigenvalue weighted by atomic mass is 10.2. The Balaban J connectivity index is 1.52. The van der Waals surface area contributed by atoms with Crippen molar-refractivity contribution >= 4 is 31.1 Å². The van der Waals surface area contributed by atoms with Crippen LogP contribution in [0.2, 0.25) is 0 Å². The molecule has 31 heavy (non-hydrogen) atoms. The van der Waals surface area contributed by atoms with Gasteiger partial charge < -0.3 is 4.57 Å². The number of imidazole rings is 1. The molecule has 4 rings (SSSR count). The van der Waals surface area contributed by atoms with Gasteiger partial charge >= 0.3 is 0 Å². The Hall–Kier alpha value is -2.27. The number of aromatic nitrogens is 2. The molecule has 1 saturated heterocycles. The summed E-state index contributed by atoms with van der Waals surface area (Å²) in [6, 6.07) is 13.0. The average Bonchev–Trinajstić information content (AvgIpc) is 3.16. The summed E-state index contributed by atoms with van der Waals surface area (Å²) in [5.41, 5.74) is 1.76. The maximum atomic E-state index is 12.8. The first-order chi connectivity index (χ1) is 14.8. The lowest BCUT2D eigenvalue weighted by Gasteiger charge is -2.25. The normalized spacial score (nSPS) is 16.0. The highest BCUT2D eigenvalue weighted by molar-refractivity contribution is 7.89. The Morgan fingerprint density at radius 3 is 2.23 bits per heavy atom. The van der Waals surface area contributed by atoms with Crippen LogP contribution in [0.4, 0.5) is 0 Å². The SMILES string of the molecule is CCn1c(CNS(=O)(=O)c2ccc(S(=O)(=O)N3CCCCC3)cc2)nc2ccccc21. The van der Waals surface area contributed by atoms with E-state index in [1.54, 1.807) is 0 Å².